The highest BCUT2D eigenvalue weighted by atomic mass is 16.4. The summed E-state index contributed by atoms with van der Waals surface area (Å²) >= 11 is 0. The lowest BCUT2D eigenvalue weighted by atomic mass is 9.95. The molecular formula is C15H20N2O3. The van der Waals surface area contributed by atoms with Crippen molar-refractivity contribution in [2.75, 3.05) is 0 Å². The highest BCUT2D eigenvalue weighted by Gasteiger charge is 2.41. The molecule has 2 N–H and O–H groups in total. The Morgan fingerprint density at radius 1 is 1.30 bits per heavy atom. The van der Waals surface area contributed by atoms with E-state index in [9.17, 15) is 14.7 Å². The maximum Gasteiger partial charge on any atom is 0.307 e. The second-order valence-corrected chi connectivity index (χ2v) is 5.64. The standard InChI is InChI=1S/C15H20N2O3/c1-9-7-12(13(8-9)15(19)20)14(18)17-10(2)11-3-5-16-6-4-11/h3-6,9-10,12-13H,7-8H2,1-2H3,(H,17,18)(H,19,20). The van der Waals surface area contributed by atoms with Crippen molar-refractivity contribution in [1.29, 1.82) is 0 Å². The topological polar surface area (TPSA) is 79.3 Å². The van der Waals surface area contributed by atoms with Crippen LogP contribution in [-0.4, -0.2) is 22.0 Å². The SMILES string of the molecule is CC1CC(C(=O)O)C(C(=O)NC(C)c2ccncc2)C1. The summed E-state index contributed by atoms with van der Waals surface area (Å²) in [4.78, 5) is 27.5. The fraction of sp³-hybridized carbons (Fsp3) is 0.533. The number of pyridine rings is 1. The van der Waals surface area contributed by atoms with Crippen molar-refractivity contribution in [3.63, 3.8) is 0 Å². The van der Waals surface area contributed by atoms with Gasteiger partial charge in [-0.25, -0.2) is 0 Å². The Labute approximate surface area is 118 Å². The summed E-state index contributed by atoms with van der Waals surface area (Å²) < 4.78 is 0. The third kappa shape index (κ3) is 3.15. The molecule has 1 heterocycles. The van der Waals surface area contributed by atoms with E-state index in [0.717, 1.165) is 5.56 Å². The van der Waals surface area contributed by atoms with Crippen LogP contribution in [0.15, 0.2) is 24.5 Å². The number of carboxylic acid groups (broad SMARTS) is 1. The van der Waals surface area contributed by atoms with Gasteiger partial charge in [0.15, 0.2) is 0 Å². The van der Waals surface area contributed by atoms with E-state index < -0.39 is 17.8 Å². The number of aliphatic carboxylic acids is 1. The minimum atomic E-state index is -0.869. The average Bonchev–Trinajstić information content (AvgIpc) is 2.82. The summed E-state index contributed by atoms with van der Waals surface area (Å²) in [6.07, 6.45) is 4.58. The lowest BCUT2D eigenvalue weighted by Gasteiger charge is -2.19. The Balaban J connectivity index is 2.02. The van der Waals surface area contributed by atoms with E-state index in [1.807, 2.05) is 26.0 Å². The van der Waals surface area contributed by atoms with Gasteiger partial charge in [0.2, 0.25) is 5.91 Å². The minimum absolute atomic E-state index is 0.143. The van der Waals surface area contributed by atoms with Crippen LogP contribution in [0.3, 0.4) is 0 Å². The third-order valence-corrected chi connectivity index (χ3v) is 4.02. The van der Waals surface area contributed by atoms with Gasteiger partial charge in [-0.2, -0.15) is 0 Å². The van der Waals surface area contributed by atoms with Gasteiger partial charge in [-0.15, -0.1) is 0 Å². The predicted molar refractivity (Wildman–Crippen MR) is 73.8 cm³/mol. The Morgan fingerprint density at radius 3 is 2.50 bits per heavy atom. The molecule has 1 fully saturated rings. The monoisotopic (exact) mass is 276 g/mol. The van der Waals surface area contributed by atoms with Crippen LogP contribution in [0, 0.1) is 17.8 Å². The van der Waals surface area contributed by atoms with E-state index in [1.165, 1.54) is 0 Å². The molecule has 1 saturated carbocycles. The van der Waals surface area contributed by atoms with Crippen LogP contribution in [0.4, 0.5) is 0 Å². The molecule has 4 atom stereocenters. The van der Waals surface area contributed by atoms with E-state index in [4.69, 9.17) is 0 Å². The van der Waals surface area contributed by atoms with Crippen LogP contribution in [-0.2, 0) is 9.59 Å². The molecule has 1 aliphatic rings. The zero-order chi connectivity index (χ0) is 14.7. The first-order chi connectivity index (χ1) is 9.49. The largest absolute Gasteiger partial charge is 0.481 e. The van der Waals surface area contributed by atoms with E-state index >= 15 is 0 Å². The number of amides is 1. The number of carbonyl (C=O) groups excluding carboxylic acids is 1. The smallest absolute Gasteiger partial charge is 0.307 e. The van der Waals surface area contributed by atoms with E-state index in [-0.39, 0.29) is 17.9 Å². The lowest BCUT2D eigenvalue weighted by Crippen LogP contribution is -2.36. The van der Waals surface area contributed by atoms with Gasteiger partial charge in [0.05, 0.1) is 17.9 Å². The lowest BCUT2D eigenvalue weighted by molar-refractivity contribution is -0.146. The van der Waals surface area contributed by atoms with Crippen molar-refractivity contribution in [1.82, 2.24) is 10.3 Å². The maximum atomic E-state index is 12.3. The number of carbonyl (C=O) groups is 2. The quantitative estimate of drug-likeness (QED) is 0.881. The van der Waals surface area contributed by atoms with Gasteiger partial charge < -0.3 is 10.4 Å². The molecule has 1 amide bonds. The molecule has 108 valence electrons. The summed E-state index contributed by atoms with van der Waals surface area (Å²) in [7, 11) is 0. The number of aromatic nitrogens is 1. The number of hydrogen-bond donors (Lipinski definition) is 2. The molecule has 5 heteroatoms. The second kappa shape index (κ2) is 6.03. The van der Waals surface area contributed by atoms with Crippen LogP contribution in [0.5, 0.6) is 0 Å². The molecule has 0 spiro atoms. The van der Waals surface area contributed by atoms with Gasteiger partial charge in [-0.1, -0.05) is 6.92 Å². The van der Waals surface area contributed by atoms with Crippen molar-refractivity contribution < 1.29 is 14.7 Å². The first-order valence-electron chi connectivity index (χ1n) is 6.92. The van der Waals surface area contributed by atoms with Crippen molar-refractivity contribution in [3.8, 4) is 0 Å². The van der Waals surface area contributed by atoms with Gasteiger partial charge in [0, 0.05) is 12.4 Å². The van der Waals surface area contributed by atoms with Crippen molar-refractivity contribution >= 4 is 11.9 Å². The molecule has 0 saturated heterocycles. The van der Waals surface area contributed by atoms with Crippen molar-refractivity contribution in [2.45, 2.75) is 32.7 Å². The average molecular weight is 276 g/mol. The zero-order valence-electron chi connectivity index (χ0n) is 11.7. The van der Waals surface area contributed by atoms with E-state index in [1.54, 1.807) is 12.4 Å². The molecule has 0 aromatic carbocycles. The molecule has 1 aromatic rings. The maximum absolute atomic E-state index is 12.3. The van der Waals surface area contributed by atoms with Crippen molar-refractivity contribution in [2.24, 2.45) is 17.8 Å². The molecule has 4 unspecified atom stereocenters. The number of hydrogen-bond acceptors (Lipinski definition) is 3. The van der Waals surface area contributed by atoms with Crippen LogP contribution in [0.25, 0.3) is 0 Å². The molecule has 1 aliphatic carbocycles. The van der Waals surface area contributed by atoms with Crippen LogP contribution in [0.1, 0.15) is 38.3 Å². The zero-order valence-corrected chi connectivity index (χ0v) is 11.7. The summed E-state index contributed by atoms with van der Waals surface area (Å²) in [6, 6.07) is 3.55. The molecule has 0 bridgehead atoms. The number of nitrogens with one attached hydrogen (secondary N) is 1. The Morgan fingerprint density at radius 2 is 1.90 bits per heavy atom. The van der Waals surface area contributed by atoms with Gasteiger partial charge >= 0.3 is 5.97 Å². The van der Waals surface area contributed by atoms with E-state index in [2.05, 4.69) is 10.3 Å². The molecule has 0 radical (unpaired) electrons. The fourth-order valence-electron chi connectivity index (χ4n) is 2.91. The summed E-state index contributed by atoms with van der Waals surface area (Å²) in [5, 5.41) is 12.1. The second-order valence-electron chi connectivity index (χ2n) is 5.64. The number of carboxylic acids is 1. The van der Waals surface area contributed by atoms with Crippen LogP contribution < -0.4 is 5.32 Å². The van der Waals surface area contributed by atoms with E-state index in [0.29, 0.717) is 12.8 Å². The fourth-order valence-corrected chi connectivity index (χ4v) is 2.91. The molecule has 2 rings (SSSR count). The number of rotatable bonds is 4. The summed E-state index contributed by atoms with van der Waals surface area (Å²) in [5.74, 6) is -1.73. The molecule has 20 heavy (non-hydrogen) atoms. The first-order valence-corrected chi connectivity index (χ1v) is 6.92. The minimum Gasteiger partial charge on any atom is -0.481 e. The predicted octanol–water partition coefficient (Wildman–Crippen LogP) is 2.01. The van der Waals surface area contributed by atoms with Crippen molar-refractivity contribution in [3.05, 3.63) is 30.1 Å². The Bertz CT molecular complexity index is 489. The Hall–Kier alpha value is -1.91. The van der Waals surface area contributed by atoms with Gasteiger partial charge in [0.25, 0.3) is 0 Å². The number of nitrogens with zero attached hydrogens (tertiary/aromatic N) is 1. The van der Waals surface area contributed by atoms with Gasteiger partial charge in [0.1, 0.15) is 0 Å². The summed E-state index contributed by atoms with van der Waals surface area (Å²) in [6.45, 7) is 3.89. The normalized spacial score (nSPS) is 27.0. The highest BCUT2D eigenvalue weighted by molar-refractivity contribution is 5.85. The third-order valence-electron chi connectivity index (χ3n) is 4.02. The molecule has 0 aliphatic heterocycles. The first kappa shape index (κ1) is 14.5. The van der Waals surface area contributed by atoms with Gasteiger partial charge in [-0.3, -0.25) is 14.6 Å². The molecular weight excluding hydrogens is 256 g/mol. The Kier molecular flexibility index (Phi) is 4.37. The van der Waals surface area contributed by atoms with Crippen LogP contribution in [0.2, 0.25) is 0 Å². The highest BCUT2D eigenvalue weighted by Crippen LogP contribution is 2.36. The van der Waals surface area contributed by atoms with Crippen LogP contribution >= 0.6 is 0 Å². The summed E-state index contributed by atoms with van der Waals surface area (Å²) in [5.41, 5.74) is 0.964. The molecule has 5 nitrogen and oxygen atoms in total. The molecule has 1 aromatic heterocycles. The van der Waals surface area contributed by atoms with Gasteiger partial charge in [-0.05, 0) is 43.4 Å².